The van der Waals surface area contributed by atoms with Crippen molar-refractivity contribution in [1.82, 2.24) is 0 Å². The molecule has 0 N–H and O–H groups in total. The van der Waals surface area contributed by atoms with Gasteiger partial charge in [0.2, 0.25) is 0 Å². The molecule has 4 bridgehead atoms. The molecule has 0 saturated heterocycles. The lowest BCUT2D eigenvalue weighted by Crippen LogP contribution is -2.47. The molecule has 1 radical (unpaired) electrons. The van der Waals surface area contributed by atoms with E-state index in [-0.39, 0.29) is 0 Å². The van der Waals surface area contributed by atoms with Crippen molar-refractivity contribution in [1.29, 1.82) is 0 Å². The summed E-state index contributed by atoms with van der Waals surface area (Å²) in [5.41, 5.74) is 0. The summed E-state index contributed by atoms with van der Waals surface area (Å²) in [5, 5.41) is 0. The van der Waals surface area contributed by atoms with Gasteiger partial charge in [-0.05, 0) is 56.3 Å². The van der Waals surface area contributed by atoms with Crippen LogP contribution in [0.1, 0.15) is 38.5 Å². The summed E-state index contributed by atoms with van der Waals surface area (Å²) < 4.78 is 0.384. The number of hydrogen-bond acceptors (Lipinski definition) is 0. The minimum absolute atomic E-state index is 0.384. The van der Waals surface area contributed by atoms with Crippen molar-refractivity contribution in [3.05, 3.63) is 0 Å². The van der Waals surface area contributed by atoms with E-state index in [1.54, 1.807) is 0 Å². The molecule has 0 heterocycles. The van der Waals surface area contributed by atoms with Crippen LogP contribution in [0.4, 0.5) is 0 Å². The third-order valence-electron chi connectivity index (χ3n) is 3.98. The highest BCUT2D eigenvalue weighted by atomic mass is 32.1. The number of hydrogen-bond donors (Lipinski definition) is 0. The smallest absolute Gasteiger partial charge is 0.0271 e. The lowest BCUT2D eigenvalue weighted by Gasteiger charge is -2.54. The zero-order chi connectivity index (χ0) is 7.47. The fourth-order valence-electron chi connectivity index (χ4n) is 4.03. The van der Waals surface area contributed by atoms with Crippen molar-refractivity contribution >= 4 is 12.6 Å². The fourth-order valence-corrected chi connectivity index (χ4v) is 4.74. The molecule has 4 saturated carbocycles. The Labute approximate surface area is 74.2 Å². The van der Waals surface area contributed by atoms with Crippen LogP contribution in [-0.2, 0) is 0 Å². The lowest BCUT2D eigenvalue weighted by atomic mass is 9.56. The van der Waals surface area contributed by atoms with Gasteiger partial charge in [0.25, 0.3) is 0 Å². The molecule has 4 aliphatic rings. The van der Waals surface area contributed by atoms with Gasteiger partial charge >= 0.3 is 0 Å². The SMILES string of the molecule is [S]C12CC3CC(CC(C3)C1)C2. The van der Waals surface area contributed by atoms with Gasteiger partial charge in [0.05, 0.1) is 0 Å². The van der Waals surface area contributed by atoms with Crippen LogP contribution < -0.4 is 0 Å². The molecule has 0 unspecified atom stereocenters. The van der Waals surface area contributed by atoms with Gasteiger partial charge in [-0.15, -0.1) is 0 Å². The maximum absolute atomic E-state index is 5.69. The largest absolute Gasteiger partial charge is 0.0867 e. The summed E-state index contributed by atoms with van der Waals surface area (Å²) in [7, 11) is 0. The van der Waals surface area contributed by atoms with Gasteiger partial charge in [0.15, 0.2) is 0 Å². The first-order chi connectivity index (χ1) is 5.23. The van der Waals surface area contributed by atoms with Gasteiger partial charge in [-0.3, -0.25) is 0 Å². The van der Waals surface area contributed by atoms with E-state index in [2.05, 4.69) is 0 Å². The van der Waals surface area contributed by atoms with E-state index in [0.717, 1.165) is 17.8 Å². The summed E-state index contributed by atoms with van der Waals surface area (Å²) in [6, 6.07) is 0. The van der Waals surface area contributed by atoms with Crippen molar-refractivity contribution in [2.75, 3.05) is 0 Å². The minimum Gasteiger partial charge on any atom is -0.0867 e. The maximum Gasteiger partial charge on any atom is 0.0271 e. The summed E-state index contributed by atoms with van der Waals surface area (Å²) in [6.45, 7) is 0. The van der Waals surface area contributed by atoms with Gasteiger partial charge in [-0.1, -0.05) is 12.6 Å². The van der Waals surface area contributed by atoms with Crippen LogP contribution >= 0.6 is 12.6 Å². The molecular weight excluding hydrogens is 152 g/mol. The Morgan fingerprint density at radius 2 is 1.18 bits per heavy atom. The van der Waals surface area contributed by atoms with Crippen LogP contribution in [0.2, 0.25) is 0 Å². The second-order valence-electron chi connectivity index (χ2n) is 5.10. The molecular formula is C10H15S. The zero-order valence-corrected chi connectivity index (χ0v) is 7.70. The minimum atomic E-state index is 0.384. The van der Waals surface area contributed by atoms with Crippen molar-refractivity contribution < 1.29 is 0 Å². The molecule has 0 amide bonds. The zero-order valence-electron chi connectivity index (χ0n) is 6.88. The van der Waals surface area contributed by atoms with E-state index in [1.807, 2.05) is 0 Å². The van der Waals surface area contributed by atoms with Crippen molar-refractivity contribution in [2.24, 2.45) is 17.8 Å². The monoisotopic (exact) mass is 167 g/mol. The normalized spacial score (nSPS) is 60.3. The van der Waals surface area contributed by atoms with E-state index >= 15 is 0 Å². The van der Waals surface area contributed by atoms with E-state index < -0.39 is 0 Å². The predicted octanol–water partition coefficient (Wildman–Crippen LogP) is 3.15. The molecule has 0 aliphatic heterocycles. The highest BCUT2D eigenvalue weighted by molar-refractivity contribution is 7.81. The summed E-state index contributed by atoms with van der Waals surface area (Å²) in [4.78, 5) is 0. The first-order valence-electron chi connectivity index (χ1n) is 4.94. The van der Waals surface area contributed by atoms with Crippen LogP contribution in [0.3, 0.4) is 0 Å². The first kappa shape index (κ1) is 6.82. The highest BCUT2D eigenvalue weighted by Crippen LogP contribution is 2.57. The topological polar surface area (TPSA) is 0 Å². The highest BCUT2D eigenvalue weighted by Gasteiger charge is 2.49. The molecule has 4 rings (SSSR count). The van der Waals surface area contributed by atoms with E-state index in [0.29, 0.717) is 4.75 Å². The molecule has 61 valence electrons. The average Bonchev–Trinajstić information content (AvgIpc) is 1.79. The standard InChI is InChI=1S/C10H15S/c11-10-4-7-1-8(5-10)3-9(2-7)6-10/h7-9H,1-6H2. The maximum atomic E-state index is 5.69. The van der Waals surface area contributed by atoms with Crippen LogP contribution in [0.15, 0.2) is 0 Å². The average molecular weight is 167 g/mol. The summed E-state index contributed by atoms with van der Waals surface area (Å²) in [5.74, 6) is 3.12. The third-order valence-corrected chi connectivity index (χ3v) is 4.48. The Morgan fingerprint density at radius 3 is 1.45 bits per heavy atom. The molecule has 0 atom stereocenters. The van der Waals surface area contributed by atoms with Gasteiger partial charge < -0.3 is 0 Å². The number of rotatable bonds is 0. The molecule has 0 aromatic rings. The molecule has 1 heteroatoms. The summed E-state index contributed by atoms with van der Waals surface area (Å²) in [6.07, 6.45) is 8.72. The van der Waals surface area contributed by atoms with Crippen LogP contribution in [0.5, 0.6) is 0 Å². The molecule has 4 aliphatic carbocycles. The Balaban J connectivity index is 1.94. The molecule has 11 heavy (non-hydrogen) atoms. The first-order valence-corrected chi connectivity index (χ1v) is 5.35. The molecule has 0 aromatic carbocycles. The second kappa shape index (κ2) is 1.99. The van der Waals surface area contributed by atoms with E-state index in [4.69, 9.17) is 12.6 Å². The Bertz CT molecular complexity index is 150. The molecule has 0 spiro atoms. The second-order valence-corrected chi connectivity index (χ2v) is 5.97. The van der Waals surface area contributed by atoms with Crippen molar-refractivity contribution in [2.45, 2.75) is 43.3 Å². The van der Waals surface area contributed by atoms with Gasteiger partial charge in [0.1, 0.15) is 0 Å². The van der Waals surface area contributed by atoms with E-state index in [9.17, 15) is 0 Å². The van der Waals surface area contributed by atoms with Gasteiger partial charge in [-0.25, -0.2) is 0 Å². The quantitative estimate of drug-likeness (QED) is 0.520. The van der Waals surface area contributed by atoms with Gasteiger partial charge in [0, 0.05) is 4.75 Å². The Kier molecular flexibility index (Phi) is 1.23. The Hall–Kier alpha value is 0.350. The van der Waals surface area contributed by atoms with Crippen molar-refractivity contribution in [3.63, 3.8) is 0 Å². The Morgan fingerprint density at radius 1 is 0.818 bits per heavy atom. The molecule has 0 nitrogen and oxygen atoms in total. The summed E-state index contributed by atoms with van der Waals surface area (Å²) >= 11 is 5.69. The van der Waals surface area contributed by atoms with E-state index in [1.165, 1.54) is 38.5 Å². The van der Waals surface area contributed by atoms with Gasteiger partial charge in [-0.2, -0.15) is 0 Å². The fraction of sp³-hybridized carbons (Fsp3) is 1.00. The molecule has 0 aromatic heterocycles. The third kappa shape index (κ3) is 0.965. The molecule has 4 fully saturated rings. The lowest BCUT2D eigenvalue weighted by molar-refractivity contribution is 0.0392. The van der Waals surface area contributed by atoms with Crippen LogP contribution in [0.25, 0.3) is 0 Å². The van der Waals surface area contributed by atoms with Crippen LogP contribution in [0, 0.1) is 17.8 Å². The van der Waals surface area contributed by atoms with Crippen LogP contribution in [-0.4, -0.2) is 4.75 Å². The predicted molar refractivity (Wildman–Crippen MR) is 48.5 cm³/mol. The van der Waals surface area contributed by atoms with Crippen molar-refractivity contribution in [3.8, 4) is 0 Å².